The van der Waals surface area contributed by atoms with Gasteiger partial charge in [-0.15, -0.1) is 11.3 Å². The van der Waals surface area contributed by atoms with Crippen molar-refractivity contribution in [3.8, 4) is 0 Å². The van der Waals surface area contributed by atoms with Crippen LogP contribution in [0.1, 0.15) is 25.3 Å². The van der Waals surface area contributed by atoms with E-state index in [1.807, 2.05) is 6.92 Å². The van der Waals surface area contributed by atoms with Gasteiger partial charge in [-0.1, -0.05) is 17.7 Å². The Hall–Kier alpha value is -1.16. The molecule has 1 unspecified atom stereocenters. The van der Waals surface area contributed by atoms with Gasteiger partial charge in [0.2, 0.25) is 0 Å². The molecule has 0 radical (unpaired) electrons. The molecule has 0 spiro atoms. The number of thiophene rings is 1. The Labute approximate surface area is 124 Å². The smallest absolute Gasteiger partial charge is 0.0906 e. The van der Waals surface area contributed by atoms with E-state index in [4.69, 9.17) is 0 Å². The van der Waals surface area contributed by atoms with Crippen molar-refractivity contribution in [3.05, 3.63) is 46.9 Å². The second-order valence-electron chi connectivity index (χ2n) is 6.01. The van der Waals surface area contributed by atoms with E-state index in [1.54, 1.807) is 11.3 Å². The van der Waals surface area contributed by atoms with E-state index >= 15 is 0 Å². The van der Waals surface area contributed by atoms with Crippen LogP contribution in [0.5, 0.6) is 0 Å². The molecule has 2 aromatic rings. The highest BCUT2D eigenvalue weighted by molar-refractivity contribution is 7.17. The van der Waals surface area contributed by atoms with E-state index in [0.717, 1.165) is 25.1 Å². The van der Waals surface area contributed by atoms with E-state index in [1.165, 1.54) is 15.7 Å². The Kier molecular flexibility index (Phi) is 3.67. The molecule has 1 aromatic heterocycles. The summed E-state index contributed by atoms with van der Waals surface area (Å²) in [5, 5.41) is 14.2. The summed E-state index contributed by atoms with van der Waals surface area (Å²) in [6, 6.07) is 8.42. The molecule has 3 rings (SSSR count). The topological polar surface area (TPSA) is 23.5 Å². The highest BCUT2D eigenvalue weighted by Gasteiger charge is 2.26. The van der Waals surface area contributed by atoms with Gasteiger partial charge < -0.3 is 10.0 Å². The van der Waals surface area contributed by atoms with Crippen LogP contribution < -0.4 is 0 Å². The first-order valence-electron chi connectivity index (χ1n) is 7.11. The summed E-state index contributed by atoms with van der Waals surface area (Å²) in [5.74, 6) is 0. The molecule has 3 heteroatoms. The summed E-state index contributed by atoms with van der Waals surface area (Å²) >= 11 is 1.74. The van der Waals surface area contributed by atoms with E-state index in [0.29, 0.717) is 6.42 Å². The minimum absolute atomic E-state index is 0.715. The number of likely N-dealkylation sites (N-methyl/N-ethyl adjacent to an activating group) is 1. The number of benzene rings is 1. The minimum atomic E-state index is -0.792. The van der Waals surface area contributed by atoms with Gasteiger partial charge in [0.25, 0.3) is 0 Å². The summed E-state index contributed by atoms with van der Waals surface area (Å²) in [4.78, 5) is 2.31. The lowest BCUT2D eigenvalue weighted by Crippen LogP contribution is -2.30. The lowest BCUT2D eigenvalue weighted by molar-refractivity contribution is 0.0554. The first-order chi connectivity index (χ1) is 9.54. The maximum absolute atomic E-state index is 10.9. The van der Waals surface area contributed by atoms with Gasteiger partial charge in [0, 0.05) is 24.2 Å². The first kappa shape index (κ1) is 13.8. The van der Waals surface area contributed by atoms with E-state index in [9.17, 15) is 5.11 Å². The number of fused-ring (bicyclic) bond motifs is 1. The summed E-state index contributed by atoms with van der Waals surface area (Å²) in [7, 11) is 2.14. The van der Waals surface area contributed by atoms with Crippen LogP contribution in [0.2, 0.25) is 0 Å². The number of hydrogen-bond acceptors (Lipinski definition) is 3. The van der Waals surface area contributed by atoms with Crippen molar-refractivity contribution in [1.82, 2.24) is 4.90 Å². The zero-order valence-corrected chi connectivity index (χ0v) is 12.9. The molecule has 0 aliphatic carbocycles. The molecular weight excluding hydrogens is 266 g/mol. The van der Waals surface area contributed by atoms with Crippen molar-refractivity contribution < 1.29 is 5.11 Å². The number of rotatable bonds is 3. The van der Waals surface area contributed by atoms with Crippen molar-refractivity contribution in [2.45, 2.75) is 25.4 Å². The standard InChI is InChI=1S/C17H21NOS/c1-17(19,11-13-4-3-8-18(2)12-13)15-5-6-16-14(10-15)7-9-20-16/h4-7,9-10,19H,3,8,11-12H2,1-2H3. The van der Waals surface area contributed by atoms with Crippen LogP contribution in [0.3, 0.4) is 0 Å². The van der Waals surface area contributed by atoms with Crippen molar-refractivity contribution in [2.75, 3.05) is 20.1 Å². The molecule has 20 heavy (non-hydrogen) atoms. The summed E-state index contributed by atoms with van der Waals surface area (Å²) in [6.07, 6.45) is 4.09. The third-order valence-corrected chi connectivity index (χ3v) is 4.96. The molecular formula is C17H21NOS. The molecule has 1 aliphatic heterocycles. The van der Waals surface area contributed by atoms with Crippen LogP contribution >= 0.6 is 11.3 Å². The SMILES string of the molecule is CN1CCC=C(CC(C)(O)c2ccc3sccc3c2)C1. The van der Waals surface area contributed by atoms with E-state index in [2.05, 4.69) is 47.7 Å². The molecule has 0 fully saturated rings. The molecule has 0 saturated carbocycles. The number of aliphatic hydroxyl groups is 1. The fourth-order valence-electron chi connectivity index (χ4n) is 2.95. The first-order valence-corrected chi connectivity index (χ1v) is 7.99. The molecule has 1 N–H and O–H groups in total. The van der Waals surface area contributed by atoms with Crippen molar-refractivity contribution >= 4 is 21.4 Å². The minimum Gasteiger partial charge on any atom is -0.385 e. The van der Waals surface area contributed by atoms with Gasteiger partial charge in [-0.3, -0.25) is 0 Å². The third kappa shape index (κ3) is 2.80. The van der Waals surface area contributed by atoms with Gasteiger partial charge in [-0.05, 0) is 54.9 Å². The van der Waals surface area contributed by atoms with Crippen molar-refractivity contribution in [1.29, 1.82) is 0 Å². The molecule has 0 bridgehead atoms. The second kappa shape index (κ2) is 5.32. The van der Waals surface area contributed by atoms with Crippen LogP contribution in [0.15, 0.2) is 41.3 Å². The summed E-state index contributed by atoms with van der Waals surface area (Å²) in [5.41, 5.74) is 1.56. The second-order valence-corrected chi connectivity index (χ2v) is 6.96. The Morgan fingerprint density at radius 1 is 1.35 bits per heavy atom. The predicted octanol–water partition coefficient (Wildman–Crippen LogP) is 3.76. The van der Waals surface area contributed by atoms with Crippen LogP contribution in [0.4, 0.5) is 0 Å². The fourth-order valence-corrected chi connectivity index (χ4v) is 3.72. The molecule has 106 valence electrons. The van der Waals surface area contributed by atoms with Gasteiger partial charge in [0.15, 0.2) is 0 Å². The Morgan fingerprint density at radius 3 is 3.00 bits per heavy atom. The van der Waals surface area contributed by atoms with Crippen LogP contribution in [0, 0.1) is 0 Å². The van der Waals surface area contributed by atoms with Crippen molar-refractivity contribution in [3.63, 3.8) is 0 Å². The average Bonchev–Trinajstić information content (AvgIpc) is 2.85. The molecule has 1 aromatic carbocycles. The summed E-state index contributed by atoms with van der Waals surface area (Å²) in [6.45, 7) is 4.01. The monoisotopic (exact) mass is 287 g/mol. The van der Waals surface area contributed by atoms with Crippen LogP contribution in [-0.4, -0.2) is 30.1 Å². The lowest BCUT2D eigenvalue weighted by Gasteiger charge is -2.30. The van der Waals surface area contributed by atoms with E-state index < -0.39 is 5.60 Å². The van der Waals surface area contributed by atoms with Gasteiger partial charge >= 0.3 is 0 Å². The van der Waals surface area contributed by atoms with Crippen molar-refractivity contribution in [2.24, 2.45) is 0 Å². The zero-order valence-electron chi connectivity index (χ0n) is 12.1. The average molecular weight is 287 g/mol. The third-order valence-electron chi connectivity index (χ3n) is 4.06. The van der Waals surface area contributed by atoms with Crippen LogP contribution in [-0.2, 0) is 5.60 Å². The normalized spacial score (nSPS) is 19.9. The Balaban J connectivity index is 1.84. The van der Waals surface area contributed by atoms with Crippen LogP contribution in [0.25, 0.3) is 10.1 Å². The highest BCUT2D eigenvalue weighted by atomic mass is 32.1. The maximum atomic E-state index is 10.9. The van der Waals surface area contributed by atoms with E-state index in [-0.39, 0.29) is 0 Å². The van der Waals surface area contributed by atoms with Gasteiger partial charge in [-0.2, -0.15) is 0 Å². The fraction of sp³-hybridized carbons (Fsp3) is 0.412. The lowest BCUT2D eigenvalue weighted by atomic mass is 9.87. The van der Waals surface area contributed by atoms with Gasteiger partial charge in [0.1, 0.15) is 0 Å². The van der Waals surface area contributed by atoms with Gasteiger partial charge in [-0.25, -0.2) is 0 Å². The predicted molar refractivity (Wildman–Crippen MR) is 86.2 cm³/mol. The molecule has 2 heterocycles. The molecule has 0 saturated heterocycles. The number of nitrogens with zero attached hydrogens (tertiary/aromatic N) is 1. The van der Waals surface area contributed by atoms with Gasteiger partial charge in [0.05, 0.1) is 5.60 Å². The quantitative estimate of drug-likeness (QED) is 0.869. The Bertz CT molecular complexity index is 641. The molecule has 1 aliphatic rings. The molecule has 1 atom stereocenters. The molecule has 0 amide bonds. The summed E-state index contributed by atoms with van der Waals surface area (Å²) < 4.78 is 1.28. The molecule has 2 nitrogen and oxygen atoms in total. The zero-order chi connectivity index (χ0) is 14.2. The number of hydrogen-bond donors (Lipinski definition) is 1. The Morgan fingerprint density at radius 2 is 2.20 bits per heavy atom. The maximum Gasteiger partial charge on any atom is 0.0906 e. The largest absolute Gasteiger partial charge is 0.385 e. The highest BCUT2D eigenvalue weighted by Crippen LogP contribution is 2.32.